The van der Waals surface area contributed by atoms with Crippen LogP contribution in [0.25, 0.3) is 5.57 Å². The number of carbonyl (C=O) groups excluding carboxylic acids is 1. The van der Waals surface area contributed by atoms with E-state index in [9.17, 15) is 4.79 Å². The second kappa shape index (κ2) is 13.1. The number of aryl methyl sites for hydroxylation is 2. The van der Waals surface area contributed by atoms with Gasteiger partial charge >= 0.3 is 5.97 Å². The number of methoxy groups -OCH3 is 1. The van der Waals surface area contributed by atoms with Crippen molar-refractivity contribution < 1.29 is 14.3 Å². The zero-order chi connectivity index (χ0) is 22.1. The van der Waals surface area contributed by atoms with Crippen LogP contribution in [-0.2, 0) is 27.1 Å². The van der Waals surface area contributed by atoms with E-state index < -0.39 is 0 Å². The maximum absolute atomic E-state index is 11.8. The second-order valence-electron chi connectivity index (χ2n) is 7.71. The van der Waals surface area contributed by atoms with Gasteiger partial charge in [0.1, 0.15) is 6.61 Å². The molecule has 2 aromatic rings. The van der Waals surface area contributed by atoms with Crippen molar-refractivity contribution in [2.45, 2.75) is 33.1 Å². The molecule has 0 spiro atoms. The Morgan fingerprint density at radius 2 is 1.59 bits per heavy atom. The third-order valence-corrected chi connectivity index (χ3v) is 5.78. The first-order chi connectivity index (χ1) is 15.2. The summed E-state index contributed by atoms with van der Waals surface area (Å²) in [5, 5.41) is 0. The van der Waals surface area contributed by atoms with E-state index in [4.69, 9.17) is 9.47 Å². The lowest BCUT2D eigenvalue weighted by molar-refractivity contribution is -0.136. The number of nitrogens with zero attached hydrogens (tertiary/aromatic N) is 1. The first-order valence-electron chi connectivity index (χ1n) is 11.2. The number of carbonyl (C=O) groups is 1. The molecule has 4 nitrogen and oxygen atoms in total. The monoisotopic (exact) mass is 455 g/mol. The molecule has 1 aliphatic heterocycles. The van der Waals surface area contributed by atoms with Gasteiger partial charge in [-0.15, -0.1) is 12.4 Å². The topological polar surface area (TPSA) is 38.8 Å². The second-order valence-corrected chi connectivity index (χ2v) is 7.71. The van der Waals surface area contributed by atoms with E-state index in [0.717, 1.165) is 43.5 Å². The Balaban J connectivity index is 0.00000363. The van der Waals surface area contributed by atoms with Crippen LogP contribution >= 0.6 is 12.4 Å². The number of ether oxygens (including phenoxy) is 2. The van der Waals surface area contributed by atoms with Crippen molar-refractivity contribution in [3.05, 3.63) is 88.7 Å². The lowest BCUT2D eigenvalue weighted by Crippen LogP contribution is -2.34. The van der Waals surface area contributed by atoms with Crippen molar-refractivity contribution in [1.82, 2.24) is 4.90 Å². The van der Waals surface area contributed by atoms with Crippen LogP contribution in [0.5, 0.6) is 0 Å². The largest absolute Gasteiger partial charge is 0.499 e. The third-order valence-electron chi connectivity index (χ3n) is 5.78. The zero-order valence-corrected chi connectivity index (χ0v) is 20.1. The number of hydrogen-bond donors (Lipinski definition) is 0. The van der Waals surface area contributed by atoms with Crippen molar-refractivity contribution >= 4 is 23.9 Å². The average Bonchev–Trinajstić information content (AvgIpc) is 2.83. The molecule has 0 N–H and O–H groups in total. The van der Waals surface area contributed by atoms with Crippen molar-refractivity contribution in [3.8, 4) is 0 Å². The van der Waals surface area contributed by atoms with Crippen LogP contribution in [0.15, 0.2) is 66.4 Å². The molecule has 0 atom stereocenters. The van der Waals surface area contributed by atoms with Crippen LogP contribution in [0, 0.1) is 0 Å². The first kappa shape index (κ1) is 25.7. The Hall–Kier alpha value is -2.56. The highest BCUT2D eigenvalue weighted by molar-refractivity contribution is 5.89. The number of hydrogen-bond acceptors (Lipinski definition) is 4. The van der Waals surface area contributed by atoms with Crippen molar-refractivity contribution in [2.24, 2.45) is 0 Å². The van der Waals surface area contributed by atoms with E-state index in [1.165, 1.54) is 29.4 Å². The Morgan fingerprint density at radius 1 is 1.00 bits per heavy atom. The van der Waals surface area contributed by atoms with E-state index in [1.807, 2.05) is 12.3 Å². The molecule has 0 aliphatic carbocycles. The summed E-state index contributed by atoms with van der Waals surface area (Å²) >= 11 is 0. The van der Waals surface area contributed by atoms with Gasteiger partial charge in [-0.3, -0.25) is 4.90 Å². The van der Waals surface area contributed by atoms with Gasteiger partial charge in [0.25, 0.3) is 0 Å². The highest BCUT2D eigenvalue weighted by Gasteiger charge is 2.18. The molecule has 172 valence electrons. The highest BCUT2D eigenvalue weighted by Crippen LogP contribution is 2.29. The molecule has 1 heterocycles. The average molecular weight is 456 g/mol. The maximum Gasteiger partial charge on any atom is 0.334 e. The van der Waals surface area contributed by atoms with Crippen LogP contribution in [0.1, 0.15) is 42.5 Å². The summed E-state index contributed by atoms with van der Waals surface area (Å²) in [6, 6.07) is 17.1. The van der Waals surface area contributed by atoms with E-state index in [1.54, 1.807) is 0 Å². The van der Waals surface area contributed by atoms with Gasteiger partial charge in [0.2, 0.25) is 0 Å². The van der Waals surface area contributed by atoms with Crippen LogP contribution in [0.2, 0.25) is 0 Å². The summed E-state index contributed by atoms with van der Waals surface area (Å²) in [5.74, 6) is -0.236. The predicted octanol–water partition coefficient (Wildman–Crippen LogP) is 5.44. The van der Waals surface area contributed by atoms with Gasteiger partial charge in [-0.1, -0.05) is 68.5 Å². The molecule has 32 heavy (non-hydrogen) atoms. The first-order valence-corrected chi connectivity index (χ1v) is 11.2. The highest BCUT2D eigenvalue weighted by atomic mass is 35.5. The van der Waals surface area contributed by atoms with Gasteiger partial charge in [0, 0.05) is 30.8 Å². The fraction of sp³-hybridized carbons (Fsp3) is 0.370. The van der Waals surface area contributed by atoms with Gasteiger partial charge in [0.05, 0.1) is 13.4 Å². The minimum absolute atomic E-state index is 0. The summed E-state index contributed by atoms with van der Waals surface area (Å²) in [7, 11) is 1.43. The molecule has 0 unspecified atom stereocenters. The third kappa shape index (κ3) is 6.47. The molecular weight excluding hydrogens is 422 g/mol. The van der Waals surface area contributed by atoms with Gasteiger partial charge in [0.15, 0.2) is 0 Å². The Bertz CT molecular complexity index is 902. The fourth-order valence-electron chi connectivity index (χ4n) is 4.05. The van der Waals surface area contributed by atoms with E-state index >= 15 is 0 Å². The summed E-state index contributed by atoms with van der Waals surface area (Å²) in [6.45, 7) is 7.25. The van der Waals surface area contributed by atoms with Crippen molar-refractivity contribution in [1.29, 1.82) is 0 Å². The molecule has 2 aromatic carbocycles. The van der Waals surface area contributed by atoms with Gasteiger partial charge in [-0.2, -0.15) is 0 Å². The smallest absolute Gasteiger partial charge is 0.334 e. The van der Waals surface area contributed by atoms with Crippen LogP contribution in [0.4, 0.5) is 0 Å². The molecule has 0 saturated carbocycles. The van der Waals surface area contributed by atoms with Gasteiger partial charge in [-0.25, -0.2) is 4.79 Å². The molecule has 0 radical (unpaired) electrons. The predicted molar refractivity (Wildman–Crippen MR) is 133 cm³/mol. The van der Waals surface area contributed by atoms with Crippen LogP contribution in [-0.4, -0.2) is 44.2 Å². The van der Waals surface area contributed by atoms with Crippen molar-refractivity contribution in [2.75, 3.05) is 33.4 Å². The van der Waals surface area contributed by atoms with E-state index in [2.05, 4.69) is 67.3 Å². The molecule has 0 saturated heterocycles. The zero-order valence-electron chi connectivity index (χ0n) is 19.3. The summed E-state index contributed by atoms with van der Waals surface area (Å²) in [6.07, 6.45) is 6.70. The summed E-state index contributed by atoms with van der Waals surface area (Å²) < 4.78 is 11.0. The molecule has 0 aromatic heterocycles. The molecule has 0 amide bonds. The Labute approximate surface area is 198 Å². The van der Waals surface area contributed by atoms with Gasteiger partial charge < -0.3 is 9.47 Å². The van der Waals surface area contributed by atoms with Crippen LogP contribution < -0.4 is 0 Å². The SMILES string of the molecule is CCc1ccccc1C(=COCCN1CCC=C(C(=O)OC)C1)c1ccccc1CC.Cl. The lowest BCUT2D eigenvalue weighted by atomic mass is 9.90. The number of esters is 1. The molecule has 0 bridgehead atoms. The molecule has 0 fully saturated rings. The minimum atomic E-state index is -0.236. The normalized spacial score (nSPS) is 13.5. The minimum Gasteiger partial charge on any atom is -0.499 e. The van der Waals surface area contributed by atoms with E-state index in [-0.39, 0.29) is 18.4 Å². The Kier molecular flexibility index (Phi) is 10.5. The van der Waals surface area contributed by atoms with Crippen LogP contribution in [0.3, 0.4) is 0 Å². The van der Waals surface area contributed by atoms with Crippen molar-refractivity contribution in [3.63, 3.8) is 0 Å². The molecule has 1 aliphatic rings. The summed E-state index contributed by atoms with van der Waals surface area (Å²) in [5.41, 5.74) is 6.93. The number of benzene rings is 2. The van der Waals surface area contributed by atoms with E-state index in [0.29, 0.717) is 13.2 Å². The molecule has 5 heteroatoms. The maximum atomic E-state index is 11.8. The Morgan fingerprint density at radius 3 is 2.16 bits per heavy atom. The quantitative estimate of drug-likeness (QED) is 0.286. The molecular formula is C27H34ClNO3. The lowest BCUT2D eigenvalue weighted by Gasteiger charge is -2.25. The summed E-state index contributed by atoms with van der Waals surface area (Å²) in [4.78, 5) is 14.0. The molecule has 3 rings (SSSR count). The number of halogens is 1. The standard InChI is InChI=1S/C27H33NO3.ClH/c1-4-21-11-6-8-14-24(21)26(25-15-9-7-12-22(25)5-2)20-31-18-17-28-16-10-13-23(19-28)27(29)30-3;/h6-9,11-15,20H,4-5,10,16-19H2,1-3H3;1H. The fourth-order valence-corrected chi connectivity index (χ4v) is 4.05. The van der Waals surface area contributed by atoms with Gasteiger partial charge in [-0.05, 0) is 41.5 Å². The number of rotatable bonds is 9.